The highest BCUT2D eigenvalue weighted by molar-refractivity contribution is 5.86. The average molecular weight is 436 g/mol. The number of nitrogens with zero attached hydrogens (tertiary/aromatic N) is 2. The van der Waals surface area contributed by atoms with Crippen molar-refractivity contribution in [3.05, 3.63) is 54.8 Å². The predicted octanol–water partition coefficient (Wildman–Crippen LogP) is 4.23. The van der Waals surface area contributed by atoms with Crippen LogP contribution >= 0.6 is 0 Å². The quantitative estimate of drug-likeness (QED) is 0.489. The molecule has 0 bridgehead atoms. The molecule has 0 unspecified atom stereocenters. The van der Waals surface area contributed by atoms with Gasteiger partial charge in [-0.05, 0) is 62.6 Å². The van der Waals surface area contributed by atoms with Crippen LogP contribution in [0, 0.1) is 0 Å². The number of pyridine rings is 1. The molecule has 0 aliphatic carbocycles. The first-order chi connectivity index (χ1) is 15.7. The monoisotopic (exact) mass is 435 g/mol. The van der Waals surface area contributed by atoms with E-state index in [0.717, 1.165) is 31.4 Å². The minimum atomic E-state index is -0.279. The van der Waals surface area contributed by atoms with Crippen molar-refractivity contribution in [1.82, 2.24) is 10.3 Å². The van der Waals surface area contributed by atoms with Gasteiger partial charge in [0.25, 0.3) is 0 Å². The summed E-state index contributed by atoms with van der Waals surface area (Å²) < 4.78 is 11.0. The van der Waals surface area contributed by atoms with Gasteiger partial charge >= 0.3 is 0 Å². The van der Waals surface area contributed by atoms with Crippen molar-refractivity contribution < 1.29 is 19.1 Å². The Morgan fingerprint density at radius 1 is 1.28 bits per heavy atom. The molecule has 0 saturated carbocycles. The topological polar surface area (TPSA) is 87.8 Å². The maximum atomic E-state index is 12.9. The van der Waals surface area contributed by atoms with Crippen molar-refractivity contribution >= 4 is 11.7 Å². The number of ether oxygens (including phenoxy) is 1. The summed E-state index contributed by atoms with van der Waals surface area (Å²) in [6.07, 6.45) is 4.10. The largest absolute Gasteiger partial charge is 0.507 e. The number of nitrogens with one attached hydrogen (secondary N) is 1. The molecule has 1 saturated heterocycles. The van der Waals surface area contributed by atoms with Gasteiger partial charge in [0.1, 0.15) is 23.4 Å². The lowest BCUT2D eigenvalue weighted by Crippen LogP contribution is -2.44. The Morgan fingerprint density at radius 2 is 2.16 bits per heavy atom. The lowest BCUT2D eigenvalue weighted by Gasteiger charge is -2.26. The number of rotatable bonds is 9. The van der Waals surface area contributed by atoms with Crippen molar-refractivity contribution in [2.24, 2.45) is 0 Å². The normalized spacial score (nSPS) is 15.8. The lowest BCUT2D eigenvalue weighted by molar-refractivity contribution is -0.122. The number of para-hydroxylation sites is 1. The van der Waals surface area contributed by atoms with E-state index in [0.29, 0.717) is 42.6 Å². The highest BCUT2D eigenvalue weighted by Gasteiger charge is 2.32. The number of phenolic OH excluding ortho intramolecular Hbond substituents is 1. The number of phenols is 1. The van der Waals surface area contributed by atoms with E-state index in [1.54, 1.807) is 18.4 Å². The van der Waals surface area contributed by atoms with Crippen LogP contribution in [0.25, 0.3) is 22.6 Å². The average Bonchev–Trinajstić information content (AvgIpc) is 3.51. The van der Waals surface area contributed by atoms with Gasteiger partial charge in [-0.15, -0.1) is 0 Å². The van der Waals surface area contributed by atoms with E-state index in [-0.39, 0.29) is 17.7 Å². The van der Waals surface area contributed by atoms with Crippen molar-refractivity contribution in [2.45, 2.75) is 32.2 Å². The van der Waals surface area contributed by atoms with Crippen LogP contribution in [0.3, 0.4) is 0 Å². The first kappa shape index (κ1) is 21.9. The zero-order valence-corrected chi connectivity index (χ0v) is 18.3. The molecule has 3 aromatic rings. The van der Waals surface area contributed by atoms with Gasteiger partial charge in [0.05, 0.1) is 12.0 Å². The molecule has 3 heterocycles. The first-order valence-electron chi connectivity index (χ1n) is 11.1. The number of carbonyl (C=O) groups is 1. The lowest BCUT2D eigenvalue weighted by atomic mass is 10.1. The second-order valence-electron chi connectivity index (χ2n) is 7.79. The molecule has 7 nitrogen and oxygen atoms in total. The summed E-state index contributed by atoms with van der Waals surface area (Å²) in [5.74, 6) is 1.58. The Bertz CT molecular complexity index is 1040. The molecular weight excluding hydrogens is 406 g/mol. The fourth-order valence-electron chi connectivity index (χ4n) is 4.04. The number of amides is 1. The van der Waals surface area contributed by atoms with Crippen LogP contribution < -0.4 is 10.2 Å². The molecule has 1 aliphatic heterocycles. The van der Waals surface area contributed by atoms with Crippen molar-refractivity contribution in [3.63, 3.8) is 0 Å². The van der Waals surface area contributed by atoms with Gasteiger partial charge in [0.15, 0.2) is 0 Å². The third-order valence-corrected chi connectivity index (χ3v) is 5.62. The molecule has 2 aromatic heterocycles. The minimum absolute atomic E-state index is 0.00769. The molecular formula is C25H29N3O4. The fourth-order valence-corrected chi connectivity index (χ4v) is 4.04. The summed E-state index contributed by atoms with van der Waals surface area (Å²) in [5.41, 5.74) is 2.12. The number of hydrogen-bond donors (Lipinski definition) is 2. The zero-order valence-electron chi connectivity index (χ0n) is 18.3. The summed E-state index contributed by atoms with van der Waals surface area (Å²) in [5, 5.41) is 13.4. The molecule has 4 rings (SSSR count). The van der Waals surface area contributed by atoms with Crippen LogP contribution in [0.15, 0.2) is 59.2 Å². The predicted molar refractivity (Wildman–Crippen MR) is 124 cm³/mol. The Morgan fingerprint density at radius 3 is 2.94 bits per heavy atom. The third-order valence-electron chi connectivity index (χ3n) is 5.62. The molecule has 1 aliphatic rings. The van der Waals surface area contributed by atoms with E-state index < -0.39 is 0 Å². The van der Waals surface area contributed by atoms with E-state index in [1.165, 1.54) is 0 Å². The van der Waals surface area contributed by atoms with Crippen LogP contribution in [-0.2, 0) is 9.53 Å². The molecule has 2 N–H and O–H groups in total. The van der Waals surface area contributed by atoms with Crippen LogP contribution in [0.5, 0.6) is 5.75 Å². The number of aromatic nitrogens is 1. The van der Waals surface area contributed by atoms with Crippen molar-refractivity contribution in [2.75, 3.05) is 31.2 Å². The summed E-state index contributed by atoms with van der Waals surface area (Å²) >= 11 is 0. The summed E-state index contributed by atoms with van der Waals surface area (Å²) in [7, 11) is 0. The highest BCUT2D eigenvalue weighted by Crippen LogP contribution is 2.35. The summed E-state index contributed by atoms with van der Waals surface area (Å²) in [6.45, 7) is 4.61. The van der Waals surface area contributed by atoms with Crippen LogP contribution in [-0.4, -0.2) is 48.3 Å². The Hall–Kier alpha value is -3.32. The van der Waals surface area contributed by atoms with E-state index in [9.17, 15) is 9.90 Å². The Labute approximate surface area is 188 Å². The molecule has 32 heavy (non-hydrogen) atoms. The molecule has 0 spiro atoms. The maximum absolute atomic E-state index is 12.9. The molecule has 1 atom stereocenters. The van der Waals surface area contributed by atoms with E-state index in [1.807, 2.05) is 48.2 Å². The molecule has 168 valence electrons. The SMILES string of the molecule is CCOCCCNC(=O)[C@@H]1CCCN1c1cc(-c2ccco2)cc(-c2ccccc2O)n1. The van der Waals surface area contributed by atoms with Gasteiger partial charge in [-0.2, -0.15) is 0 Å². The fraction of sp³-hybridized carbons (Fsp3) is 0.360. The van der Waals surface area contributed by atoms with Crippen molar-refractivity contribution in [1.29, 1.82) is 0 Å². The minimum Gasteiger partial charge on any atom is -0.507 e. The second kappa shape index (κ2) is 10.3. The second-order valence-corrected chi connectivity index (χ2v) is 7.79. The van der Waals surface area contributed by atoms with Gasteiger partial charge in [-0.25, -0.2) is 4.98 Å². The molecule has 7 heteroatoms. The van der Waals surface area contributed by atoms with Gasteiger partial charge < -0.3 is 24.5 Å². The number of carbonyl (C=O) groups excluding carboxylic acids is 1. The molecule has 1 amide bonds. The Balaban J connectivity index is 1.61. The van der Waals surface area contributed by atoms with Gasteiger partial charge in [-0.1, -0.05) is 12.1 Å². The van der Waals surface area contributed by atoms with E-state index >= 15 is 0 Å². The first-order valence-corrected chi connectivity index (χ1v) is 11.1. The summed E-state index contributed by atoms with van der Waals surface area (Å²) in [6, 6.07) is 14.4. The number of anilines is 1. The molecule has 1 aromatic carbocycles. The smallest absolute Gasteiger partial charge is 0.242 e. The molecule has 0 radical (unpaired) electrons. The van der Waals surface area contributed by atoms with Crippen molar-refractivity contribution in [3.8, 4) is 28.3 Å². The standard InChI is InChI=1S/C25H29N3O4/c1-2-31-14-7-12-26-25(30)21-9-5-13-28(21)24-17-18(23-11-6-15-32-23)16-20(27-24)19-8-3-4-10-22(19)29/h3-4,6,8,10-11,15-17,21,29H,2,5,7,9,12-14H2,1H3,(H,26,30)/t21-/m0/s1. The number of furan rings is 1. The van der Waals surface area contributed by atoms with Gasteiger partial charge in [0, 0.05) is 37.4 Å². The van der Waals surface area contributed by atoms with Gasteiger partial charge in [-0.3, -0.25) is 4.79 Å². The third kappa shape index (κ3) is 4.94. The van der Waals surface area contributed by atoms with E-state index in [4.69, 9.17) is 14.1 Å². The van der Waals surface area contributed by atoms with Crippen LogP contribution in [0.1, 0.15) is 26.2 Å². The van der Waals surface area contributed by atoms with Gasteiger partial charge in [0.2, 0.25) is 5.91 Å². The van der Waals surface area contributed by atoms with E-state index in [2.05, 4.69) is 5.32 Å². The summed E-state index contributed by atoms with van der Waals surface area (Å²) in [4.78, 5) is 19.8. The highest BCUT2D eigenvalue weighted by atomic mass is 16.5. The molecule has 1 fully saturated rings. The maximum Gasteiger partial charge on any atom is 0.242 e. The number of hydrogen-bond acceptors (Lipinski definition) is 6. The van der Waals surface area contributed by atoms with Crippen LogP contribution in [0.2, 0.25) is 0 Å². The Kier molecular flexibility index (Phi) is 7.07. The number of benzene rings is 1. The zero-order chi connectivity index (χ0) is 22.3. The van der Waals surface area contributed by atoms with Crippen LogP contribution in [0.4, 0.5) is 5.82 Å². The number of aromatic hydroxyl groups is 1.